The lowest BCUT2D eigenvalue weighted by atomic mass is 9.91. The minimum absolute atomic E-state index is 0.0957. The summed E-state index contributed by atoms with van der Waals surface area (Å²) in [6, 6.07) is 19.5. The van der Waals surface area contributed by atoms with Crippen molar-refractivity contribution < 1.29 is 24.9 Å². The van der Waals surface area contributed by atoms with E-state index in [2.05, 4.69) is 20.5 Å². The van der Waals surface area contributed by atoms with Crippen LogP contribution in [0, 0.1) is 5.92 Å². The Morgan fingerprint density at radius 2 is 1.65 bits per heavy atom. The molecule has 1 fully saturated rings. The van der Waals surface area contributed by atoms with Crippen molar-refractivity contribution in [3.8, 4) is 0 Å². The number of amides is 2. The lowest BCUT2D eigenvalue weighted by Crippen LogP contribution is -2.61. The summed E-state index contributed by atoms with van der Waals surface area (Å²) in [5, 5.41) is 39.0. The monoisotopic (exact) mass is 629 g/mol. The largest absolute Gasteiger partial charge is 0.392 e. The highest BCUT2D eigenvalue weighted by molar-refractivity contribution is 5.83. The van der Waals surface area contributed by atoms with E-state index in [1.165, 1.54) is 0 Å². The Balaban J connectivity index is 1.30. The lowest BCUT2D eigenvalue weighted by Gasteiger charge is -2.42. The smallest absolute Gasteiger partial charge is 0.239 e. The number of rotatable bonds is 11. The summed E-state index contributed by atoms with van der Waals surface area (Å²) in [4.78, 5) is 35.9. The molecule has 46 heavy (non-hydrogen) atoms. The minimum atomic E-state index is -1.17. The highest BCUT2D eigenvalue weighted by Gasteiger charge is 2.41. The Kier molecular flexibility index (Phi) is 10.9. The SMILES string of the molecule is CC(C)(C)NC(=O)[C@@H]1CN(Cc2cccnc2)CCN1C[C@@H](O)C[C@@H](Cc1ccccc1)C(=O)N[C@H]1c2ccccc2C(O)[C@H]1O. The van der Waals surface area contributed by atoms with E-state index in [0.29, 0.717) is 37.2 Å². The topological polar surface area (TPSA) is 138 Å². The van der Waals surface area contributed by atoms with E-state index in [0.717, 1.165) is 17.7 Å². The van der Waals surface area contributed by atoms with E-state index in [4.69, 9.17) is 0 Å². The minimum Gasteiger partial charge on any atom is -0.392 e. The maximum atomic E-state index is 13.8. The summed E-state index contributed by atoms with van der Waals surface area (Å²) in [5.74, 6) is -1.01. The molecule has 0 radical (unpaired) electrons. The molecule has 0 bridgehead atoms. The molecular formula is C36H47N5O5. The van der Waals surface area contributed by atoms with Crippen LogP contribution in [0.1, 0.15) is 61.6 Å². The van der Waals surface area contributed by atoms with Crippen LogP contribution in [0.2, 0.25) is 0 Å². The highest BCUT2D eigenvalue weighted by atomic mass is 16.3. The molecule has 2 amide bonds. The molecule has 5 rings (SSSR count). The van der Waals surface area contributed by atoms with Gasteiger partial charge in [-0.1, -0.05) is 60.7 Å². The molecule has 0 saturated carbocycles. The molecule has 10 nitrogen and oxygen atoms in total. The molecule has 2 aliphatic rings. The highest BCUT2D eigenvalue weighted by Crippen LogP contribution is 2.39. The van der Waals surface area contributed by atoms with E-state index in [1.54, 1.807) is 24.4 Å². The van der Waals surface area contributed by atoms with Gasteiger partial charge in [0.2, 0.25) is 11.8 Å². The maximum absolute atomic E-state index is 13.8. The second kappa shape index (κ2) is 14.8. The standard InChI is InChI=1S/C36H47N5O5/c1-36(2,3)39-35(46)30-23-40(21-25-12-9-15-37-20-25)16-17-41(30)22-27(42)19-26(18-24-10-5-4-6-11-24)34(45)38-31-28-13-7-8-14-29(28)32(43)33(31)44/h4-15,20,26-27,30-33,42-44H,16-19,21-23H2,1-3H3,(H,38,45)(H,39,46)/t26-,27+,30+,31+,32?,33+/m1/s1. The summed E-state index contributed by atoms with van der Waals surface area (Å²) in [6.07, 6.45) is 0.983. The van der Waals surface area contributed by atoms with Crippen LogP contribution in [-0.4, -0.2) is 91.9 Å². The number of hydrogen-bond acceptors (Lipinski definition) is 8. The first-order valence-electron chi connectivity index (χ1n) is 16.1. The van der Waals surface area contributed by atoms with Crippen molar-refractivity contribution in [2.24, 2.45) is 5.92 Å². The van der Waals surface area contributed by atoms with Crippen molar-refractivity contribution in [1.82, 2.24) is 25.4 Å². The van der Waals surface area contributed by atoms with E-state index < -0.39 is 41.9 Å². The number of hydrogen-bond donors (Lipinski definition) is 5. The number of nitrogens with zero attached hydrogens (tertiary/aromatic N) is 3. The van der Waals surface area contributed by atoms with Gasteiger partial charge >= 0.3 is 0 Å². The second-order valence-corrected chi connectivity index (χ2v) is 13.7. The first-order chi connectivity index (χ1) is 22.0. The number of nitrogens with one attached hydrogen (secondary N) is 2. The van der Waals surface area contributed by atoms with E-state index >= 15 is 0 Å². The first kappa shape index (κ1) is 33.7. The fourth-order valence-electron chi connectivity index (χ4n) is 6.59. The van der Waals surface area contributed by atoms with Gasteiger partial charge in [0.15, 0.2) is 0 Å². The third kappa shape index (κ3) is 8.57. The number of aliphatic hydroxyl groups is 3. The summed E-state index contributed by atoms with van der Waals surface area (Å²) < 4.78 is 0. The molecule has 10 heteroatoms. The average molecular weight is 630 g/mol. The molecule has 1 aliphatic carbocycles. The molecule has 2 aromatic carbocycles. The molecule has 3 aromatic rings. The number of aromatic nitrogens is 1. The van der Waals surface area contributed by atoms with Gasteiger partial charge in [-0.05, 0) is 61.9 Å². The van der Waals surface area contributed by atoms with Gasteiger partial charge in [-0.25, -0.2) is 0 Å². The number of fused-ring (bicyclic) bond motifs is 1. The second-order valence-electron chi connectivity index (χ2n) is 13.7. The third-order valence-electron chi connectivity index (χ3n) is 8.82. The van der Waals surface area contributed by atoms with E-state index in [-0.39, 0.29) is 24.8 Å². The molecule has 1 saturated heterocycles. The predicted octanol–water partition coefficient (Wildman–Crippen LogP) is 2.36. The molecule has 5 N–H and O–H groups in total. The van der Waals surface area contributed by atoms with Gasteiger partial charge in [-0.2, -0.15) is 0 Å². The predicted molar refractivity (Wildman–Crippen MR) is 175 cm³/mol. The summed E-state index contributed by atoms with van der Waals surface area (Å²) in [7, 11) is 0. The van der Waals surface area contributed by atoms with Gasteiger partial charge in [0.05, 0.1) is 12.1 Å². The number of aliphatic hydroxyl groups excluding tert-OH is 3. The molecular weight excluding hydrogens is 582 g/mol. The average Bonchev–Trinajstić information content (AvgIpc) is 3.26. The van der Waals surface area contributed by atoms with Crippen molar-refractivity contribution in [3.05, 3.63) is 101 Å². The molecule has 246 valence electrons. The van der Waals surface area contributed by atoms with Gasteiger partial charge in [0.1, 0.15) is 18.2 Å². The fourth-order valence-corrected chi connectivity index (χ4v) is 6.59. The zero-order valence-electron chi connectivity index (χ0n) is 26.9. The summed E-state index contributed by atoms with van der Waals surface area (Å²) in [5.41, 5.74) is 2.90. The van der Waals surface area contributed by atoms with Crippen molar-refractivity contribution >= 4 is 11.8 Å². The quantitative estimate of drug-likeness (QED) is 0.218. The van der Waals surface area contributed by atoms with Crippen LogP contribution in [-0.2, 0) is 22.6 Å². The van der Waals surface area contributed by atoms with Gasteiger partial charge < -0.3 is 26.0 Å². The number of carbonyl (C=O) groups is 2. The van der Waals surface area contributed by atoms with Crippen molar-refractivity contribution in [1.29, 1.82) is 0 Å². The zero-order chi connectivity index (χ0) is 32.8. The number of benzene rings is 2. The van der Waals surface area contributed by atoms with Crippen molar-refractivity contribution in [3.63, 3.8) is 0 Å². The van der Waals surface area contributed by atoms with Gasteiger partial charge in [0, 0.05) is 56.6 Å². The van der Waals surface area contributed by atoms with Gasteiger partial charge in [-0.15, -0.1) is 0 Å². The number of pyridine rings is 1. The van der Waals surface area contributed by atoms with Gasteiger partial charge in [0.25, 0.3) is 0 Å². The van der Waals surface area contributed by atoms with Crippen LogP contribution >= 0.6 is 0 Å². The van der Waals surface area contributed by atoms with Crippen molar-refractivity contribution in [2.75, 3.05) is 26.2 Å². The van der Waals surface area contributed by atoms with Crippen LogP contribution in [0.15, 0.2) is 79.1 Å². The third-order valence-corrected chi connectivity index (χ3v) is 8.82. The number of carbonyl (C=O) groups excluding carboxylic acids is 2. The Bertz CT molecular complexity index is 1450. The maximum Gasteiger partial charge on any atom is 0.239 e. The zero-order valence-corrected chi connectivity index (χ0v) is 26.9. The van der Waals surface area contributed by atoms with Crippen LogP contribution in [0.25, 0.3) is 0 Å². The molecule has 1 unspecified atom stereocenters. The molecule has 6 atom stereocenters. The van der Waals surface area contributed by atoms with E-state index in [1.807, 2.05) is 80.4 Å². The van der Waals surface area contributed by atoms with Crippen LogP contribution < -0.4 is 10.6 Å². The van der Waals surface area contributed by atoms with E-state index in [9.17, 15) is 24.9 Å². The van der Waals surface area contributed by atoms with Crippen molar-refractivity contribution in [2.45, 2.75) is 76.1 Å². The Morgan fingerprint density at radius 3 is 2.35 bits per heavy atom. The fraction of sp³-hybridized carbons (Fsp3) is 0.472. The van der Waals surface area contributed by atoms with Crippen LogP contribution in [0.3, 0.4) is 0 Å². The number of β-amino-alcohol motifs (C(OH)–C–C–N with tert-alkyl or cyclic N) is 1. The van der Waals surface area contributed by atoms with Gasteiger partial charge in [-0.3, -0.25) is 24.4 Å². The molecule has 2 heterocycles. The first-order valence-corrected chi connectivity index (χ1v) is 16.1. The summed E-state index contributed by atoms with van der Waals surface area (Å²) in [6.45, 7) is 8.55. The molecule has 1 aromatic heterocycles. The molecule has 0 spiro atoms. The number of piperazine rings is 1. The Labute approximate surface area is 271 Å². The Morgan fingerprint density at radius 1 is 0.957 bits per heavy atom. The van der Waals surface area contributed by atoms with Crippen LogP contribution in [0.5, 0.6) is 0 Å². The molecule has 1 aliphatic heterocycles. The lowest BCUT2D eigenvalue weighted by molar-refractivity contribution is -0.132. The normalized spacial score (nSPS) is 23.3. The summed E-state index contributed by atoms with van der Waals surface area (Å²) >= 11 is 0. The Hall–Kier alpha value is -3.67. The van der Waals surface area contributed by atoms with Crippen LogP contribution in [0.4, 0.5) is 0 Å².